The molecule has 2 aromatic carbocycles. The minimum atomic E-state index is 0.288. The summed E-state index contributed by atoms with van der Waals surface area (Å²) in [6.45, 7) is 2.01. The zero-order valence-corrected chi connectivity index (χ0v) is 15.6. The summed E-state index contributed by atoms with van der Waals surface area (Å²) in [5, 5.41) is 14.9. The second-order valence-electron chi connectivity index (χ2n) is 6.39. The maximum atomic E-state index is 6.30. The maximum Gasteiger partial charge on any atom is 0.265 e. The summed E-state index contributed by atoms with van der Waals surface area (Å²) < 4.78 is 0. The lowest BCUT2D eigenvalue weighted by atomic mass is 10.1. The van der Waals surface area contributed by atoms with E-state index >= 15 is 0 Å². The van der Waals surface area contributed by atoms with E-state index < -0.39 is 0 Å². The van der Waals surface area contributed by atoms with Gasteiger partial charge in [0.1, 0.15) is 10.7 Å². The first-order valence-electron chi connectivity index (χ1n) is 8.65. The van der Waals surface area contributed by atoms with Gasteiger partial charge in [0.15, 0.2) is 5.65 Å². The van der Waals surface area contributed by atoms with Gasteiger partial charge in [0.25, 0.3) is 5.95 Å². The lowest BCUT2D eigenvalue weighted by molar-refractivity contribution is 1.01. The number of nitrogens with zero attached hydrogens (tertiary/aromatic N) is 5. The van der Waals surface area contributed by atoms with Crippen molar-refractivity contribution in [3.63, 3.8) is 0 Å². The molecule has 7 nitrogen and oxygen atoms in total. The zero-order chi connectivity index (χ0) is 19.1. The predicted octanol–water partition coefficient (Wildman–Crippen LogP) is 4.46. The van der Waals surface area contributed by atoms with Crippen LogP contribution in [0, 0.1) is 6.92 Å². The normalized spacial score (nSPS) is 11.8. The molecule has 3 heterocycles. The third-order valence-electron chi connectivity index (χ3n) is 4.52. The summed E-state index contributed by atoms with van der Waals surface area (Å²) >= 11 is 6.30. The molecule has 0 unspecified atom stereocenters. The smallest absolute Gasteiger partial charge is 0.265 e. The first-order chi connectivity index (χ1) is 13.7. The third-order valence-corrected chi connectivity index (χ3v) is 4.82. The lowest BCUT2D eigenvalue weighted by Gasteiger charge is -2.04. The van der Waals surface area contributed by atoms with Crippen molar-refractivity contribution in [3.05, 3.63) is 64.8 Å². The predicted molar refractivity (Wildman–Crippen MR) is 112 cm³/mol. The van der Waals surface area contributed by atoms with Crippen LogP contribution in [0.2, 0.25) is 5.15 Å². The average Bonchev–Trinajstić information content (AvgIpc) is 3.07. The van der Waals surface area contributed by atoms with Crippen LogP contribution in [-0.4, -0.2) is 31.4 Å². The molecule has 5 rings (SSSR count). The van der Waals surface area contributed by atoms with Crippen LogP contribution in [0.1, 0.15) is 11.1 Å². The Morgan fingerprint density at radius 1 is 1.04 bits per heavy atom. The quantitative estimate of drug-likeness (QED) is 0.271. The number of aryl methyl sites for hydroxylation is 1. The summed E-state index contributed by atoms with van der Waals surface area (Å²) in [4.78, 5) is 12.1. The summed E-state index contributed by atoms with van der Waals surface area (Å²) in [5.74, 6) is 0.288. The van der Waals surface area contributed by atoms with Crippen LogP contribution in [0.15, 0.2) is 53.6 Å². The molecule has 28 heavy (non-hydrogen) atoms. The standard InChI is InChI=1S/C20H14ClN7/c1-11-5-4-6-12-9-13(18(21)24-16(11)12)10-22-27-20-25-19-17(26-28-20)14-7-2-3-8-15(14)23-19/h2-10H,1H3,(H2,23,25,27,28). The Morgan fingerprint density at radius 2 is 1.93 bits per heavy atom. The van der Waals surface area contributed by atoms with Gasteiger partial charge in [-0.3, -0.25) is 0 Å². The van der Waals surface area contributed by atoms with Gasteiger partial charge in [0.05, 0.1) is 11.7 Å². The number of halogens is 1. The number of hydrogen-bond donors (Lipinski definition) is 2. The van der Waals surface area contributed by atoms with Crippen LogP contribution < -0.4 is 5.43 Å². The number of rotatable bonds is 3. The highest BCUT2D eigenvalue weighted by Crippen LogP contribution is 2.23. The van der Waals surface area contributed by atoms with Crippen molar-refractivity contribution >= 4 is 56.7 Å². The van der Waals surface area contributed by atoms with Gasteiger partial charge >= 0.3 is 0 Å². The number of hydrazone groups is 1. The van der Waals surface area contributed by atoms with Gasteiger partial charge in [-0.25, -0.2) is 10.4 Å². The van der Waals surface area contributed by atoms with Crippen molar-refractivity contribution in [2.45, 2.75) is 6.92 Å². The fourth-order valence-corrected chi connectivity index (χ4v) is 3.35. The van der Waals surface area contributed by atoms with Crippen molar-refractivity contribution in [2.75, 3.05) is 5.43 Å². The highest BCUT2D eigenvalue weighted by molar-refractivity contribution is 6.32. The van der Waals surface area contributed by atoms with Crippen LogP contribution in [0.4, 0.5) is 5.95 Å². The summed E-state index contributed by atoms with van der Waals surface area (Å²) in [7, 11) is 0. The number of hydrogen-bond acceptors (Lipinski definition) is 6. The monoisotopic (exact) mass is 387 g/mol. The molecule has 0 atom stereocenters. The van der Waals surface area contributed by atoms with Crippen molar-refractivity contribution in [2.24, 2.45) is 5.10 Å². The molecule has 0 amide bonds. The van der Waals surface area contributed by atoms with Crippen LogP contribution in [-0.2, 0) is 0 Å². The topological polar surface area (TPSA) is 91.7 Å². The minimum Gasteiger partial charge on any atom is -0.338 e. The lowest BCUT2D eigenvalue weighted by Crippen LogP contribution is -1.99. The second-order valence-corrected chi connectivity index (χ2v) is 6.75. The SMILES string of the molecule is Cc1cccc2cc(C=NNc3nnc4c(n3)[nH]c3ccccc34)c(Cl)nc12. The molecule has 8 heteroatoms. The van der Waals surface area contributed by atoms with E-state index in [1.807, 2.05) is 55.5 Å². The number of anilines is 1. The van der Waals surface area contributed by atoms with Gasteiger partial charge in [0, 0.05) is 21.9 Å². The van der Waals surface area contributed by atoms with Crippen LogP contribution in [0.5, 0.6) is 0 Å². The number of fused-ring (bicyclic) bond motifs is 4. The molecule has 0 saturated heterocycles. The molecule has 0 radical (unpaired) electrons. The first kappa shape index (κ1) is 16.6. The highest BCUT2D eigenvalue weighted by atomic mass is 35.5. The number of aromatic amines is 1. The number of aromatic nitrogens is 5. The molecule has 3 aromatic heterocycles. The van der Waals surface area contributed by atoms with Crippen molar-refractivity contribution in [1.82, 2.24) is 25.1 Å². The second kappa shape index (κ2) is 6.54. The van der Waals surface area contributed by atoms with Crippen LogP contribution in [0.3, 0.4) is 0 Å². The van der Waals surface area contributed by atoms with Gasteiger partial charge in [0.2, 0.25) is 0 Å². The summed E-state index contributed by atoms with van der Waals surface area (Å²) in [5.41, 5.74) is 7.79. The molecular weight excluding hydrogens is 374 g/mol. The molecule has 136 valence electrons. The summed E-state index contributed by atoms with van der Waals surface area (Å²) in [6.07, 6.45) is 1.59. The molecule has 5 aromatic rings. The third kappa shape index (κ3) is 2.82. The Morgan fingerprint density at radius 3 is 2.86 bits per heavy atom. The first-order valence-corrected chi connectivity index (χ1v) is 9.03. The number of benzene rings is 2. The van der Waals surface area contributed by atoms with Crippen molar-refractivity contribution in [1.29, 1.82) is 0 Å². The zero-order valence-electron chi connectivity index (χ0n) is 14.8. The van der Waals surface area contributed by atoms with E-state index in [4.69, 9.17) is 11.6 Å². The molecule has 0 spiro atoms. The van der Waals surface area contributed by atoms with E-state index in [0.717, 1.165) is 32.9 Å². The highest BCUT2D eigenvalue weighted by Gasteiger charge is 2.08. The molecule has 0 aliphatic heterocycles. The fourth-order valence-electron chi connectivity index (χ4n) is 3.16. The number of nitrogens with one attached hydrogen (secondary N) is 2. The van der Waals surface area contributed by atoms with Crippen molar-refractivity contribution in [3.8, 4) is 0 Å². The number of para-hydroxylation sites is 2. The van der Waals surface area contributed by atoms with Crippen LogP contribution >= 0.6 is 11.6 Å². The van der Waals surface area contributed by atoms with Crippen LogP contribution in [0.25, 0.3) is 33.0 Å². The van der Waals surface area contributed by atoms with Crippen molar-refractivity contribution < 1.29 is 0 Å². The van der Waals surface area contributed by atoms with E-state index in [0.29, 0.717) is 16.4 Å². The Balaban J connectivity index is 1.44. The molecule has 2 N–H and O–H groups in total. The number of pyridine rings is 1. The largest absolute Gasteiger partial charge is 0.338 e. The molecular formula is C20H14ClN7. The minimum absolute atomic E-state index is 0.288. The molecule has 0 aliphatic carbocycles. The maximum absolute atomic E-state index is 6.30. The van der Waals surface area contributed by atoms with E-state index in [1.54, 1.807) is 6.21 Å². The Kier molecular flexibility index (Phi) is 3.87. The van der Waals surface area contributed by atoms with E-state index in [2.05, 4.69) is 35.7 Å². The molecule has 0 bridgehead atoms. The molecule has 0 fully saturated rings. The van der Waals surface area contributed by atoms with E-state index in [-0.39, 0.29) is 5.95 Å². The summed E-state index contributed by atoms with van der Waals surface area (Å²) in [6, 6.07) is 15.8. The molecule has 0 aliphatic rings. The molecule has 0 saturated carbocycles. The Labute approximate surface area is 164 Å². The van der Waals surface area contributed by atoms with E-state index in [1.165, 1.54) is 0 Å². The van der Waals surface area contributed by atoms with Gasteiger partial charge in [-0.05, 0) is 24.6 Å². The van der Waals surface area contributed by atoms with Gasteiger partial charge in [-0.2, -0.15) is 10.1 Å². The van der Waals surface area contributed by atoms with Gasteiger partial charge < -0.3 is 4.98 Å². The average molecular weight is 388 g/mol. The van der Waals surface area contributed by atoms with Gasteiger partial charge in [-0.15, -0.1) is 10.2 Å². The Bertz CT molecular complexity index is 1370. The Hall–Kier alpha value is -3.58. The number of H-pyrrole nitrogens is 1. The van der Waals surface area contributed by atoms with E-state index in [9.17, 15) is 0 Å². The van der Waals surface area contributed by atoms with Gasteiger partial charge in [-0.1, -0.05) is 48.0 Å². The fraction of sp³-hybridized carbons (Fsp3) is 0.0500.